The van der Waals surface area contributed by atoms with Crippen molar-refractivity contribution in [2.24, 2.45) is 0 Å². The molecule has 11 nitrogen and oxygen atoms in total. The van der Waals surface area contributed by atoms with Gasteiger partial charge in [0.1, 0.15) is 0 Å². The first-order valence-corrected chi connectivity index (χ1v) is 26.0. The third-order valence-corrected chi connectivity index (χ3v) is 16.0. The van der Waals surface area contributed by atoms with Crippen LogP contribution in [-0.4, -0.2) is 47.9 Å². The van der Waals surface area contributed by atoms with Crippen LogP contribution < -0.4 is 0 Å². The fourth-order valence-corrected chi connectivity index (χ4v) is 12.6. The minimum Gasteiger partial charge on any atom is -0.364 e. The third kappa shape index (κ3) is 11.1. The number of hydrogen-bond donors (Lipinski definition) is 3. The van der Waals surface area contributed by atoms with Gasteiger partial charge in [-0.15, -0.1) is 0 Å². The predicted octanol–water partition coefficient (Wildman–Crippen LogP) is 12.2. The Morgan fingerprint density at radius 2 is 0.803 bits per heavy atom. The molecule has 324 valence electrons. The molecule has 0 spiro atoms. The molecule has 0 bridgehead atoms. The zero-order chi connectivity index (χ0) is 43.5. The van der Waals surface area contributed by atoms with Crippen LogP contribution in [0, 0.1) is 0 Å². The van der Waals surface area contributed by atoms with Gasteiger partial charge in [-0.05, 0) is 103 Å². The van der Waals surface area contributed by atoms with E-state index in [4.69, 9.17) is 22.6 Å². The Morgan fingerprint density at radius 1 is 0.475 bits per heavy atom. The Hall–Kier alpha value is -4.11. The summed E-state index contributed by atoms with van der Waals surface area (Å²) in [7, 11) is -10.6. The maximum absolute atomic E-state index is 13.6. The average Bonchev–Trinajstić information content (AvgIpc) is 3.97. The smallest absolute Gasteiger partial charge is 0.335 e. The molecular weight excluding hydrogens is 829 g/mol. The second-order valence-electron chi connectivity index (χ2n) is 14.6. The van der Waals surface area contributed by atoms with E-state index in [9.17, 15) is 18.6 Å². The van der Waals surface area contributed by atoms with E-state index < -0.39 is 28.2 Å². The molecule has 0 saturated heterocycles. The zero-order valence-corrected chi connectivity index (χ0v) is 38.2. The van der Waals surface area contributed by atoms with E-state index in [0.717, 1.165) is 50.3 Å². The molecule has 0 amide bonds. The third-order valence-electron chi connectivity index (χ3n) is 10.5. The molecule has 0 saturated carbocycles. The van der Waals surface area contributed by atoms with Gasteiger partial charge in [0.05, 0.1) is 62.9 Å². The first kappa shape index (κ1) is 46.4. The fraction of sp³-hybridized carbons (Fsp3) is 0.319. The Bertz CT molecular complexity index is 2270. The van der Waals surface area contributed by atoms with Crippen molar-refractivity contribution in [2.75, 3.05) is 33.0 Å². The van der Waals surface area contributed by atoms with Crippen molar-refractivity contribution in [3.05, 3.63) is 190 Å². The van der Waals surface area contributed by atoms with Gasteiger partial charge in [0.15, 0.2) is 0 Å². The van der Waals surface area contributed by atoms with E-state index in [1.165, 1.54) is 0 Å². The van der Waals surface area contributed by atoms with Gasteiger partial charge in [-0.1, -0.05) is 97.1 Å². The van der Waals surface area contributed by atoms with E-state index in [1.54, 1.807) is 34.6 Å². The second-order valence-corrected chi connectivity index (χ2v) is 20.5. The highest BCUT2D eigenvalue weighted by Gasteiger charge is 2.39. The molecule has 4 aromatic carbocycles. The molecule has 14 heteroatoms. The number of rotatable bonds is 23. The van der Waals surface area contributed by atoms with Gasteiger partial charge in [0.2, 0.25) is 0 Å². The van der Waals surface area contributed by atoms with Gasteiger partial charge in [0, 0.05) is 23.8 Å². The van der Waals surface area contributed by atoms with E-state index in [1.807, 2.05) is 97.3 Å². The maximum Gasteiger partial charge on any atom is 0.335 e. The number of H-pyrrole nitrogens is 2. The average molecular weight is 887 g/mol. The molecule has 6 aromatic rings. The number of hydrogen-bond acceptors (Lipinski definition) is 8. The SMILES string of the molecule is CCOP(=O)(O)Cc1ccc(C(c2ccc(CP(=O)(OCC)OCC)cc2)(c2ccc(CP(=O)(OCC)OCC)cc2)c2ccc(C(c3ccc[nH]3)c3ccc[nH]3)cc2)cc1. The largest absolute Gasteiger partial charge is 0.364 e. The van der Waals surface area contributed by atoms with Crippen LogP contribution in [0.15, 0.2) is 134 Å². The highest BCUT2D eigenvalue weighted by atomic mass is 31.2. The number of aromatic nitrogens is 2. The summed E-state index contributed by atoms with van der Waals surface area (Å²) in [5.41, 5.74) is 8.11. The van der Waals surface area contributed by atoms with Gasteiger partial charge in [-0.2, -0.15) is 0 Å². The molecule has 1 unspecified atom stereocenters. The summed E-state index contributed by atoms with van der Waals surface area (Å²) in [4.78, 5) is 17.4. The summed E-state index contributed by atoms with van der Waals surface area (Å²) in [5, 5.41) is 0. The van der Waals surface area contributed by atoms with Crippen molar-refractivity contribution in [3.63, 3.8) is 0 Å². The normalized spacial score (nSPS) is 13.4. The molecule has 3 N–H and O–H groups in total. The Labute approximate surface area is 359 Å². The first-order valence-electron chi connectivity index (χ1n) is 20.8. The van der Waals surface area contributed by atoms with Crippen molar-refractivity contribution >= 4 is 22.8 Å². The van der Waals surface area contributed by atoms with Gasteiger partial charge >= 0.3 is 22.8 Å². The minimum atomic E-state index is -3.86. The lowest BCUT2D eigenvalue weighted by atomic mass is 9.64. The highest BCUT2D eigenvalue weighted by Crippen LogP contribution is 2.54. The minimum absolute atomic E-state index is 0.0800. The summed E-state index contributed by atoms with van der Waals surface area (Å²) >= 11 is 0. The molecule has 0 fully saturated rings. The molecule has 6 rings (SSSR count). The topological polar surface area (TPSA) is 149 Å². The number of nitrogens with one attached hydrogen (secondary N) is 2. The Balaban J connectivity index is 1.56. The van der Waals surface area contributed by atoms with Crippen LogP contribution in [0.4, 0.5) is 0 Å². The quantitative estimate of drug-likeness (QED) is 0.0422. The number of benzene rings is 4. The monoisotopic (exact) mass is 886 g/mol. The molecule has 0 aliphatic rings. The lowest BCUT2D eigenvalue weighted by Crippen LogP contribution is -2.31. The maximum atomic E-state index is 13.6. The van der Waals surface area contributed by atoms with Crippen LogP contribution in [0.5, 0.6) is 0 Å². The second kappa shape index (κ2) is 20.8. The fourth-order valence-electron chi connectivity index (χ4n) is 8.05. The van der Waals surface area contributed by atoms with Crippen LogP contribution >= 0.6 is 22.8 Å². The van der Waals surface area contributed by atoms with E-state index >= 15 is 0 Å². The summed E-state index contributed by atoms with van der Waals surface area (Å²) in [6.07, 6.45) is 3.94. The van der Waals surface area contributed by atoms with Gasteiger partial charge in [-0.25, -0.2) is 0 Å². The first-order chi connectivity index (χ1) is 29.4. The van der Waals surface area contributed by atoms with E-state index in [0.29, 0.717) is 5.56 Å². The number of aromatic amines is 2. The van der Waals surface area contributed by atoms with Gasteiger partial charge < -0.3 is 37.5 Å². The van der Waals surface area contributed by atoms with Crippen LogP contribution in [-0.2, 0) is 60.2 Å². The summed E-state index contributed by atoms with van der Waals surface area (Å²) in [5.74, 6) is -0.0800. The molecule has 0 aliphatic heterocycles. The molecule has 61 heavy (non-hydrogen) atoms. The molecular formula is C47H57N2O9P3. The predicted molar refractivity (Wildman–Crippen MR) is 242 cm³/mol. The van der Waals surface area contributed by atoms with E-state index in [-0.39, 0.29) is 57.4 Å². The Morgan fingerprint density at radius 3 is 1.11 bits per heavy atom. The van der Waals surface area contributed by atoms with Crippen molar-refractivity contribution in [3.8, 4) is 0 Å². The molecule has 0 radical (unpaired) electrons. The van der Waals surface area contributed by atoms with Crippen LogP contribution in [0.25, 0.3) is 0 Å². The van der Waals surface area contributed by atoms with Crippen LogP contribution in [0.3, 0.4) is 0 Å². The van der Waals surface area contributed by atoms with Gasteiger partial charge in [-0.3, -0.25) is 13.7 Å². The summed E-state index contributed by atoms with van der Waals surface area (Å²) in [6.45, 7) is 10.0. The van der Waals surface area contributed by atoms with Crippen molar-refractivity contribution < 1.29 is 41.2 Å². The lowest BCUT2D eigenvalue weighted by Gasteiger charge is -2.37. The van der Waals surface area contributed by atoms with Crippen molar-refractivity contribution in [2.45, 2.75) is 64.4 Å². The van der Waals surface area contributed by atoms with E-state index in [2.05, 4.69) is 46.4 Å². The Kier molecular flexibility index (Phi) is 15.9. The summed E-state index contributed by atoms with van der Waals surface area (Å²) < 4.78 is 67.9. The van der Waals surface area contributed by atoms with Crippen LogP contribution in [0.1, 0.15) is 96.4 Å². The molecule has 2 aromatic heterocycles. The summed E-state index contributed by atoms with van der Waals surface area (Å²) in [6, 6.07) is 40.5. The van der Waals surface area contributed by atoms with Gasteiger partial charge in [0.25, 0.3) is 0 Å². The van der Waals surface area contributed by atoms with Crippen LogP contribution in [0.2, 0.25) is 0 Å². The highest BCUT2D eigenvalue weighted by molar-refractivity contribution is 7.53. The van der Waals surface area contributed by atoms with Crippen molar-refractivity contribution in [1.82, 2.24) is 9.97 Å². The molecule has 1 atom stereocenters. The standard InChI is InChI=1S/C47H57N2O9P3/c1-6-54-59(50,51)33-36-15-23-40(24-16-36)47(41-25-17-37(18-26-41)34-60(52,55-7-2)56-8-3,42-27-19-38(20-28-42)35-61(53,57-9-4)58-10-5)43-29-21-39(22-30-43)46(44-13-11-31-48-44)45-14-12-32-49-45/h11-32,46,48-49H,6-10,33-35H2,1-5H3,(H,50,51). The van der Waals surface area contributed by atoms with Crippen molar-refractivity contribution in [1.29, 1.82) is 0 Å². The zero-order valence-electron chi connectivity index (χ0n) is 35.5. The lowest BCUT2D eigenvalue weighted by molar-refractivity contribution is 0.218. The molecule has 0 aliphatic carbocycles. The molecule has 2 heterocycles.